The van der Waals surface area contributed by atoms with Crippen molar-refractivity contribution in [1.82, 2.24) is 9.97 Å². The first kappa shape index (κ1) is 28.4. The van der Waals surface area contributed by atoms with Crippen molar-refractivity contribution in [2.24, 2.45) is 0 Å². The third-order valence-corrected chi connectivity index (χ3v) is 10.1. The minimum absolute atomic E-state index is 0.965. The normalized spacial score (nSPS) is 11.6. The van der Waals surface area contributed by atoms with E-state index in [0.29, 0.717) is 0 Å². The first-order valence-electron chi connectivity index (χ1n) is 17.1. The molecule has 0 amide bonds. The maximum absolute atomic E-state index is 5.49. The molecule has 0 atom stereocenters. The summed E-state index contributed by atoms with van der Waals surface area (Å²) in [4.78, 5) is 10.5. The number of pyridine rings is 2. The van der Waals surface area contributed by atoms with Gasteiger partial charge in [-0.2, -0.15) is 0 Å². The Hall–Kier alpha value is -6.64. The molecule has 0 aliphatic heterocycles. The van der Waals surface area contributed by atoms with E-state index < -0.39 is 0 Å². The fraction of sp³-hybridized carbons (Fsp3) is 0. The zero-order valence-electron chi connectivity index (χ0n) is 27.2. The molecule has 2 aromatic heterocycles. The molecule has 0 aliphatic carbocycles. The summed E-state index contributed by atoms with van der Waals surface area (Å²) in [7, 11) is 0. The van der Waals surface area contributed by atoms with Crippen LogP contribution < -0.4 is 0 Å². The Morgan fingerprint density at radius 3 is 1.62 bits per heavy atom. The maximum Gasteiger partial charge on any atom is 0.0794 e. The summed E-state index contributed by atoms with van der Waals surface area (Å²) in [6, 6.07) is 65.1. The van der Waals surface area contributed by atoms with Gasteiger partial charge in [-0.1, -0.05) is 158 Å². The number of benzene rings is 8. The average molecular weight is 635 g/mol. The summed E-state index contributed by atoms with van der Waals surface area (Å²) in [5, 5.41) is 9.50. The predicted molar refractivity (Wildman–Crippen MR) is 211 cm³/mol. The van der Waals surface area contributed by atoms with Crippen molar-refractivity contribution in [2.75, 3.05) is 0 Å². The van der Waals surface area contributed by atoms with Crippen LogP contribution in [0.4, 0.5) is 0 Å². The molecule has 0 saturated carbocycles. The highest BCUT2D eigenvalue weighted by Gasteiger charge is 2.18. The lowest BCUT2D eigenvalue weighted by Gasteiger charge is -2.17. The average Bonchev–Trinajstić information content (AvgIpc) is 3.19. The molecule has 0 spiro atoms. The second-order valence-corrected chi connectivity index (χ2v) is 12.9. The van der Waals surface area contributed by atoms with Crippen LogP contribution >= 0.6 is 0 Å². The Labute approximate surface area is 290 Å². The fourth-order valence-corrected chi connectivity index (χ4v) is 7.61. The summed E-state index contributed by atoms with van der Waals surface area (Å²) < 4.78 is 0. The number of nitrogens with zero attached hydrogens (tertiary/aromatic N) is 2. The molecule has 2 nitrogen and oxygen atoms in total. The van der Waals surface area contributed by atoms with E-state index >= 15 is 0 Å². The van der Waals surface area contributed by atoms with Gasteiger partial charge in [0.1, 0.15) is 0 Å². The van der Waals surface area contributed by atoms with Gasteiger partial charge in [-0.05, 0) is 73.5 Å². The van der Waals surface area contributed by atoms with Crippen LogP contribution in [-0.2, 0) is 0 Å². The summed E-state index contributed by atoms with van der Waals surface area (Å²) in [6.45, 7) is 0. The number of hydrogen-bond donors (Lipinski definition) is 0. The topological polar surface area (TPSA) is 25.8 Å². The van der Waals surface area contributed by atoms with Gasteiger partial charge in [0.25, 0.3) is 0 Å². The summed E-state index contributed by atoms with van der Waals surface area (Å²) >= 11 is 0. The van der Waals surface area contributed by atoms with Crippen molar-refractivity contribution in [3.05, 3.63) is 182 Å². The highest BCUT2D eigenvalue weighted by molar-refractivity contribution is 6.18. The molecular formula is C48H30N2. The molecule has 0 radical (unpaired) electrons. The molecule has 2 heterocycles. The molecule has 2 heteroatoms. The lowest BCUT2D eigenvalue weighted by atomic mass is 9.89. The molecule has 8 aromatic carbocycles. The number of para-hydroxylation sites is 1. The molecular weight excluding hydrogens is 605 g/mol. The molecule has 10 aromatic rings. The number of rotatable bonds is 4. The van der Waals surface area contributed by atoms with Crippen LogP contribution in [0, 0.1) is 0 Å². The van der Waals surface area contributed by atoms with Crippen molar-refractivity contribution in [3.8, 4) is 44.8 Å². The van der Waals surface area contributed by atoms with Crippen LogP contribution in [0.1, 0.15) is 0 Å². The minimum atomic E-state index is 0.965. The molecule has 0 saturated heterocycles. The lowest BCUT2D eigenvalue weighted by Crippen LogP contribution is -1.94. The fourth-order valence-electron chi connectivity index (χ4n) is 7.61. The SMILES string of the molecule is c1ccc2nc(-c3ccc(-c4cc(-c5cccc6ccccc56)nc5c4cc(-c4cccc6ccccc46)c4ccccc45)cc3)ccc2c1. The van der Waals surface area contributed by atoms with E-state index in [1.54, 1.807) is 0 Å². The van der Waals surface area contributed by atoms with Crippen LogP contribution in [0.5, 0.6) is 0 Å². The monoisotopic (exact) mass is 634 g/mol. The second kappa shape index (κ2) is 11.5. The number of aromatic nitrogens is 2. The van der Waals surface area contributed by atoms with Crippen molar-refractivity contribution in [1.29, 1.82) is 0 Å². The Bertz CT molecular complexity index is 2910. The van der Waals surface area contributed by atoms with E-state index in [1.165, 1.54) is 38.1 Å². The van der Waals surface area contributed by atoms with Crippen molar-refractivity contribution >= 4 is 54.1 Å². The smallest absolute Gasteiger partial charge is 0.0794 e. The zero-order valence-corrected chi connectivity index (χ0v) is 27.2. The second-order valence-electron chi connectivity index (χ2n) is 12.9. The maximum atomic E-state index is 5.49. The third kappa shape index (κ3) is 4.65. The molecule has 0 unspecified atom stereocenters. The predicted octanol–water partition coefficient (Wildman–Crippen LogP) is 12.9. The highest BCUT2D eigenvalue weighted by atomic mass is 14.7. The highest BCUT2D eigenvalue weighted by Crippen LogP contribution is 2.42. The van der Waals surface area contributed by atoms with Crippen LogP contribution in [0.2, 0.25) is 0 Å². The van der Waals surface area contributed by atoms with E-state index in [-0.39, 0.29) is 0 Å². The third-order valence-electron chi connectivity index (χ3n) is 10.1. The van der Waals surface area contributed by atoms with Gasteiger partial charge in [0, 0.05) is 27.3 Å². The molecule has 0 N–H and O–H groups in total. The van der Waals surface area contributed by atoms with E-state index in [2.05, 4.69) is 176 Å². The van der Waals surface area contributed by atoms with Gasteiger partial charge in [-0.25, -0.2) is 9.97 Å². The van der Waals surface area contributed by atoms with Gasteiger partial charge >= 0.3 is 0 Å². The first-order chi connectivity index (χ1) is 24.8. The van der Waals surface area contributed by atoms with Crippen molar-refractivity contribution < 1.29 is 0 Å². The van der Waals surface area contributed by atoms with Crippen molar-refractivity contribution in [3.63, 3.8) is 0 Å². The van der Waals surface area contributed by atoms with E-state index in [9.17, 15) is 0 Å². The summed E-state index contributed by atoms with van der Waals surface area (Å²) in [5.41, 5.74) is 10.9. The number of fused-ring (bicyclic) bond motifs is 6. The number of hydrogen-bond acceptors (Lipinski definition) is 2. The Balaban J connectivity index is 1.25. The standard InChI is InChI=1S/C48H30N2/c1-4-16-36-31(11-1)14-9-20-38(36)43-29-44-42(33-23-25-35(26-24-33)46-28-27-34-13-3-8-22-45(34)49-46)30-47(50-48(44)41-19-7-6-18-39(41)43)40-21-10-15-32-12-2-5-17-37(32)40/h1-30H. The van der Waals surface area contributed by atoms with E-state index in [1.807, 2.05) is 6.07 Å². The van der Waals surface area contributed by atoms with E-state index in [0.717, 1.165) is 60.8 Å². The minimum Gasteiger partial charge on any atom is -0.248 e. The van der Waals surface area contributed by atoms with Crippen LogP contribution in [0.15, 0.2) is 182 Å². The Kier molecular flexibility index (Phi) is 6.53. The molecule has 232 valence electrons. The van der Waals surface area contributed by atoms with Gasteiger partial charge in [0.15, 0.2) is 0 Å². The molecule has 10 rings (SSSR count). The molecule has 0 aliphatic rings. The summed E-state index contributed by atoms with van der Waals surface area (Å²) in [6.07, 6.45) is 0. The van der Waals surface area contributed by atoms with Crippen molar-refractivity contribution in [2.45, 2.75) is 0 Å². The molecule has 50 heavy (non-hydrogen) atoms. The van der Waals surface area contributed by atoms with Gasteiger partial charge in [0.2, 0.25) is 0 Å². The largest absolute Gasteiger partial charge is 0.248 e. The van der Waals surface area contributed by atoms with Crippen LogP contribution in [0.3, 0.4) is 0 Å². The van der Waals surface area contributed by atoms with Gasteiger partial charge < -0.3 is 0 Å². The Morgan fingerprint density at radius 1 is 0.280 bits per heavy atom. The lowest BCUT2D eigenvalue weighted by molar-refractivity contribution is 1.40. The van der Waals surface area contributed by atoms with Gasteiger partial charge in [-0.15, -0.1) is 0 Å². The summed E-state index contributed by atoms with van der Waals surface area (Å²) in [5.74, 6) is 0. The first-order valence-corrected chi connectivity index (χ1v) is 17.1. The zero-order chi connectivity index (χ0) is 33.0. The quantitative estimate of drug-likeness (QED) is 0.180. The molecule has 0 fully saturated rings. The van der Waals surface area contributed by atoms with Gasteiger partial charge in [-0.3, -0.25) is 0 Å². The van der Waals surface area contributed by atoms with Crippen LogP contribution in [0.25, 0.3) is 98.9 Å². The molecule has 0 bridgehead atoms. The van der Waals surface area contributed by atoms with Gasteiger partial charge in [0.05, 0.1) is 22.4 Å². The Morgan fingerprint density at radius 2 is 0.860 bits per heavy atom. The van der Waals surface area contributed by atoms with E-state index in [4.69, 9.17) is 9.97 Å². The van der Waals surface area contributed by atoms with Crippen LogP contribution in [-0.4, -0.2) is 9.97 Å².